The summed E-state index contributed by atoms with van der Waals surface area (Å²) in [7, 11) is 1.58. The fourth-order valence-electron chi connectivity index (χ4n) is 3.52. The van der Waals surface area contributed by atoms with Crippen molar-refractivity contribution in [3.63, 3.8) is 0 Å². The maximum Gasteiger partial charge on any atom is 0.287 e. The molecule has 0 bridgehead atoms. The average molecular weight is 455 g/mol. The van der Waals surface area contributed by atoms with Crippen LogP contribution in [-0.2, 0) is 11.3 Å². The van der Waals surface area contributed by atoms with Gasteiger partial charge in [-0.05, 0) is 26.0 Å². The molecule has 1 aromatic carbocycles. The number of carbonyl (C=O) groups excluding carboxylic acids is 2. The molecule has 11 heteroatoms. The van der Waals surface area contributed by atoms with Crippen molar-refractivity contribution in [2.75, 3.05) is 31.6 Å². The van der Waals surface area contributed by atoms with Crippen molar-refractivity contribution in [2.45, 2.75) is 26.4 Å². The van der Waals surface area contributed by atoms with Crippen molar-refractivity contribution in [3.05, 3.63) is 39.6 Å². The van der Waals surface area contributed by atoms with Gasteiger partial charge in [-0.15, -0.1) is 0 Å². The minimum atomic E-state index is -0.602. The summed E-state index contributed by atoms with van der Waals surface area (Å²) in [6, 6.07) is 5.61. The van der Waals surface area contributed by atoms with Crippen LogP contribution in [0.25, 0.3) is 0 Å². The Morgan fingerprint density at radius 3 is 2.70 bits per heavy atom. The van der Waals surface area contributed by atoms with Gasteiger partial charge in [-0.3, -0.25) is 19.7 Å². The third kappa shape index (κ3) is 4.33. The van der Waals surface area contributed by atoms with Crippen LogP contribution in [0.15, 0.2) is 18.2 Å². The zero-order valence-corrected chi connectivity index (χ0v) is 18.5. The van der Waals surface area contributed by atoms with Gasteiger partial charge in [-0.2, -0.15) is 5.10 Å². The number of methoxy groups -OCH3 is 1. The first-order chi connectivity index (χ1) is 14.3. The van der Waals surface area contributed by atoms with E-state index < -0.39 is 5.91 Å². The quantitative estimate of drug-likeness (QED) is 0.405. The number of nitrogen functional groups attached to an aromatic ring is 1. The summed E-state index contributed by atoms with van der Waals surface area (Å²) in [5, 5.41) is 4.87. The maximum atomic E-state index is 12.9. The minimum absolute atomic E-state index is 0.000907. The van der Waals surface area contributed by atoms with Crippen LogP contribution in [0.1, 0.15) is 23.1 Å². The first kappa shape index (κ1) is 22.2. The third-order valence-corrected chi connectivity index (χ3v) is 5.98. The molecule has 2 aromatic rings. The molecule has 0 radical (unpaired) electrons. The lowest BCUT2D eigenvalue weighted by molar-refractivity contribution is -0.134. The number of carbonyl (C=O) groups is 2. The van der Waals surface area contributed by atoms with Gasteiger partial charge >= 0.3 is 0 Å². The second kappa shape index (κ2) is 9.11. The summed E-state index contributed by atoms with van der Waals surface area (Å²) in [6.07, 6.45) is 0. The monoisotopic (exact) mass is 454 g/mol. The Morgan fingerprint density at radius 1 is 1.33 bits per heavy atom. The second-order valence-corrected chi connectivity index (χ2v) is 7.87. The van der Waals surface area contributed by atoms with Gasteiger partial charge in [0.05, 0.1) is 22.8 Å². The Morgan fingerprint density at radius 2 is 2.07 bits per heavy atom. The summed E-state index contributed by atoms with van der Waals surface area (Å²) in [5.74, 6) is 5.07. The highest BCUT2D eigenvalue weighted by Crippen LogP contribution is 2.30. The van der Waals surface area contributed by atoms with Crippen molar-refractivity contribution in [1.29, 1.82) is 0 Å². The number of hydrogen-bond donors (Lipinski definition) is 2. The number of anilines is 1. The third-order valence-electron chi connectivity index (χ3n) is 5.21. The Kier molecular flexibility index (Phi) is 6.74. The van der Waals surface area contributed by atoms with E-state index in [2.05, 4.69) is 10.00 Å². The summed E-state index contributed by atoms with van der Waals surface area (Å²) in [5.41, 5.74) is 3.52. The van der Waals surface area contributed by atoms with Crippen LogP contribution in [0.4, 0.5) is 5.69 Å². The highest BCUT2D eigenvalue weighted by Gasteiger charge is 2.29. The Balaban J connectivity index is 1.69. The van der Waals surface area contributed by atoms with E-state index in [9.17, 15) is 9.59 Å². The molecule has 1 fully saturated rings. The maximum absolute atomic E-state index is 12.9. The number of hydrogen-bond acceptors (Lipinski definition) is 6. The van der Waals surface area contributed by atoms with Crippen molar-refractivity contribution >= 4 is 40.7 Å². The molecule has 1 aliphatic heterocycles. The fraction of sp³-hybridized carbons (Fsp3) is 0.421. The van der Waals surface area contributed by atoms with Gasteiger partial charge in [0.15, 0.2) is 5.69 Å². The molecule has 1 saturated heterocycles. The molecule has 162 valence electrons. The van der Waals surface area contributed by atoms with Crippen molar-refractivity contribution in [2.24, 2.45) is 5.84 Å². The topological polar surface area (TPSA) is 106 Å². The number of halogens is 2. The molecule has 2 amide bonds. The predicted molar refractivity (Wildman–Crippen MR) is 115 cm³/mol. The number of nitrogens with two attached hydrogens (primary N) is 1. The van der Waals surface area contributed by atoms with E-state index in [1.54, 1.807) is 25.0 Å². The van der Waals surface area contributed by atoms with E-state index >= 15 is 0 Å². The standard InChI is InChI=1S/C19H24Cl2N6O3/c1-11-9-25(13-4-5-14(20)15(8-13)30-3)6-7-26(11)16(28)10-27-12(2)17(21)18(24-27)19(29)23-22/h4-5,8,11H,6-7,9-10,22H2,1-3H3,(H,23,29)/t11-/m0/s1. The number of amides is 2. The van der Waals surface area contributed by atoms with Gasteiger partial charge in [-0.25, -0.2) is 5.84 Å². The number of rotatable bonds is 5. The lowest BCUT2D eigenvalue weighted by atomic mass is 10.1. The van der Waals surface area contributed by atoms with E-state index in [0.717, 1.165) is 5.69 Å². The normalized spacial score (nSPS) is 16.5. The summed E-state index contributed by atoms with van der Waals surface area (Å²) in [4.78, 5) is 28.7. The largest absolute Gasteiger partial charge is 0.495 e. The number of benzene rings is 1. The van der Waals surface area contributed by atoms with Gasteiger partial charge < -0.3 is 14.5 Å². The van der Waals surface area contributed by atoms with Crippen LogP contribution in [-0.4, -0.2) is 59.3 Å². The summed E-state index contributed by atoms with van der Waals surface area (Å²) < 4.78 is 6.73. The highest BCUT2D eigenvalue weighted by atomic mass is 35.5. The number of aromatic nitrogens is 2. The molecule has 1 aromatic heterocycles. The van der Waals surface area contributed by atoms with Gasteiger partial charge in [0.2, 0.25) is 5.91 Å². The molecular formula is C19H24Cl2N6O3. The first-order valence-electron chi connectivity index (χ1n) is 9.38. The number of hydrazine groups is 1. The molecule has 3 N–H and O–H groups in total. The Hall–Kier alpha value is -2.49. The summed E-state index contributed by atoms with van der Waals surface area (Å²) in [6.45, 7) is 5.56. The molecule has 0 saturated carbocycles. The van der Waals surface area contributed by atoms with E-state index in [-0.39, 0.29) is 29.2 Å². The van der Waals surface area contributed by atoms with E-state index in [1.807, 2.05) is 24.5 Å². The first-order valence-corrected chi connectivity index (χ1v) is 10.1. The molecular weight excluding hydrogens is 431 g/mol. The molecule has 3 rings (SSSR count). The van der Waals surface area contributed by atoms with Crippen LogP contribution in [0, 0.1) is 6.92 Å². The second-order valence-electron chi connectivity index (χ2n) is 7.08. The SMILES string of the molecule is COc1cc(N2CCN(C(=O)Cn3nc(C(=O)NN)c(Cl)c3C)[C@@H](C)C2)ccc1Cl. The molecule has 0 unspecified atom stereocenters. The molecule has 30 heavy (non-hydrogen) atoms. The van der Waals surface area contributed by atoms with Gasteiger partial charge in [0.1, 0.15) is 12.3 Å². The van der Waals surface area contributed by atoms with Gasteiger partial charge in [-0.1, -0.05) is 23.2 Å². The number of nitrogens with one attached hydrogen (secondary N) is 1. The summed E-state index contributed by atoms with van der Waals surface area (Å²) >= 11 is 12.3. The Labute approximate surface area is 184 Å². The van der Waals surface area contributed by atoms with Gasteiger partial charge in [0, 0.05) is 37.4 Å². The van der Waals surface area contributed by atoms with E-state index in [0.29, 0.717) is 36.1 Å². The lowest BCUT2D eigenvalue weighted by Gasteiger charge is -2.41. The minimum Gasteiger partial charge on any atom is -0.495 e. The van der Waals surface area contributed by atoms with Crippen LogP contribution in [0.3, 0.4) is 0 Å². The van der Waals surface area contributed by atoms with Crippen LogP contribution >= 0.6 is 23.2 Å². The smallest absolute Gasteiger partial charge is 0.287 e. The zero-order chi connectivity index (χ0) is 22.0. The molecule has 0 aliphatic carbocycles. The molecule has 2 heterocycles. The van der Waals surface area contributed by atoms with Crippen LogP contribution in [0.5, 0.6) is 5.75 Å². The fourth-order valence-corrected chi connectivity index (χ4v) is 3.93. The van der Waals surface area contributed by atoms with Crippen molar-refractivity contribution in [1.82, 2.24) is 20.1 Å². The number of ether oxygens (including phenoxy) is 1. The van der Waals surface area contributed by atoms with Crippen molar-refractivity contribution in [3.8, 4) is 5.75 Å². The van der Waals surface area contributed by atoms with Crippen LogP contribution in [0.2, 0.25) is 10.0 Å². The van der Waals surface area contributed by atoms with Crippen molar-refractivity contribution < 1.29 is 14.3 Å². The lowest BCUT2D eigenvalue weighted by Crippen LogP contribution is -2.54. The molecule has 1 aliphatic rings. The molecule has 9 nitrogen and oxygen atoms in total. The van der Waals surface area contributed by atoms with Gasteiger partial charge in [0.25, 0.3) is 5.91 Å². The van der Waals surface area contributed by atoms with Crippen LogP contribution < -0.4 is 20.9 Å². The molecule has 1 atom stereocenters. The zero-order valence-electron chi connectivity index (χ0n) is 17.0. The number of nitrogens with zero attached hydrogens (tertiary/aromatic N) is 4. The number of piperazine rings is 1. The Bertz CT molecular complexity index is 964. The average Bonchev–Trinajstić information content (AvgIpc) is 3.01. The highest BCUT2D eigenvalue weighted by molar-refractivity contribution is 6.34. The van der Waals surface area contributed by atoms with E-state index in [4.69, 9.17) is 33.8 Å². The van der Waals surface area contributed by atoms with E-state index in [1.165, 1.54) is 4.68 Å². The predicted octanol–water partition coefficient (Wildman–Crippen LogP) is 1.85. The molecule has 0 spiro atoms.